The van der Waals surface area contributed by atoms with E-state index >= 15 is 0 Å². The zero-order valence-corrected chi connectivity index (χ0v) is 16.8. The van der Waals surface area contributed by atoms with Crippen molar-refractivity contribution < 1.29 is 28.6 Å². The Bertz CT molecular complexity index is 886. The largest absolute Gasteiger partial charge is 0.506 e. The van der Waals surface area contributed by atoms with Crippen LogP contribution in [0.15, 0.2) is 30.3 Å². The minimum absolute atomic E-state index is 0.0276. The summed E-state index contributed by atoms with van der Waals surface area (Å²) in [6.45, 7) is 3.64. The van der Waals surface area contributed by atoms with Crippen LogP contribution in [0.1, 0.15) is 30.6 Å². The molecule has 0 aliphatic rings. The van der Waals surface area contributed by atoms with Crippen LogP contribution < -0.4 is 5.32 Å². The van der Waals surface area contributed by atoms with Gasteiger partial charge >= 0.3 is 5.97 Å². The molecule has 3 N–H and O–H groups in total. The van der Waals surface area contributed by atoms with E-state index in [9.17, 15) is 28.6 Å². The standard InChI is InChI=1S/C19H18F2INO4/c1-9(2)5-16(19(26)27)23-18(25)13-6-10(7-15(22)17(13)24)12-4-3-11(20)8-14(12)21/h3-4,6-9,16,24H,5H2,1-2H3,(H,23,25)(H,26,27). The molecule has 0 saturated heterocycles. The van der Waals surface area contributed by atoms with Crippen molar-refractivity contribution in [2.45, 2.75) is 26.3 Å². The SMILES string of the molecule is CC(C)CC(NC(=O)c1cc(-c2ccc(F)cc2F)cc(I)c1O)C(=O)O. The van der Waals surface area contributed by atoms with Crippen molar-refractivity contribution in [2.24, 2.45) is 5.92 Å². The molecule has 1 unspecified atom stereocenters. The number of hydrogen-bond donors (Lipinski definition) is 3. The highest BCUT2D eigenvalue weighted by Crippen LogP contribution is 2.32. The molecule has 0 saturated carbocycles. The van der Waals surface area contributed by atoms with E-state index in [0.29, 0.717) is 0 Å². The topological polar surface area (TPSA) is 86.6 Å². The Hall–Kier alpha value is -2.23. The summed E-state index contributed by atoms with van der Waals surface area (Å²) in [5.41, 5.74) is 0.131. The van der Waals surface area contributed by atoms with Crippen molar-refractivity contribution >= 4 is 34.5 Å². The van der Waals surface area contributed by atoms with Crippen LogP contribution in [0.2, 0.25) is 0 Å². The molecule has 0 spiro atoms. The van der Waals surface area contributed by atoms with Crippen LogP contribution in [0.4, 0.5) is 8.78 Å². The van der Waals surface area contributed by atoms with E-state index in [1.807, 2.05) is 13.8 Å². The van der Waals surface area contributed by atoms with Crippen LogP contribution in [0.25, 0.3) is 11.1 Å². The van der Waals surface area contributed by atoms with Crippen LogP contribution in [-0.2, 0) is 4.79 Å². The zero-order chi connectivity index (χ0) is 20.3. The maximum Gasteiger partial charge on any atom is 0.326 e. The summed E-state index contributed by atoms with van der Waals surface area (Å²) in [7, 11) is 0. The van der Waals surface area contributed by atoms with Crippen molar-refractivity contribution in [1.82, 2.24) is 5.32 Å². The number of aromatic hydroxyl groups is 1. The van der Waals surface area contributed by atoms with Gasteiger partial charge in [-0.05, 0) is 64.8 Å². The lowest BCUT2D eigenvalue weighted by atomic mass is 10.00. The number of hydrogen-bond acceptors (Lipinski definition) is 3. The Morgan fingerprint density at radius 1 is 1.19 bits per heavy atom. The first-order valence-corrected chi connectivity index (χ1v) is 9.19. The molecular formula is C19H18F2INO4. The second-order valence-corrected chi connectivity index (χ2v) is 7.63. The normalized spacial score (nSPS) is 12.1. The number of carbonyl (C=O) groups excluding carboxylic acids is 1. The van der Waals surface area contributed by atoms with Crippen molar-refractivity contribution in [3.63, 3.8) is 0 Å². The van der Waals surface area contributed by atoms with Crippen LogP contribution in [0.3, 0.4) is 0 Å². The fourth-order valence-electron chi connectivity index (χ4n) is 2.58. The number of amides is 1. The van der Waals surface area contributed by atoms with Crippen LogP contribution in [0, 0.1) is 21.1 Å². The summed E-state index contributed by atoms with van der Waals surface area (Å²) in [6, 6.07) is 4.61. The first-order valence-electron chi connectivity index (χ1n) is 8.11. The Morgan fingerprint density at radius 3 is 2.41 bits per heavy atom. The third kappa shape index (κ3) is 5.15. The third-order valence-electron chi connectivity index (χ3n) is 3.86. The number of carboxylic acid groups (broad SMARTS) is 1. The molecule has 0 aromatic heterocycles. The van der Waals surface area contributed by atoms with E-state index in [1.165, 1.54) is 18.2 Å². The van der Waals surface area contributed by atoms with Crippen molar-refractivity contribution in [2.75, 3.05) is 0 Å². The average Bonchev–Trinajstić information content (AvgIpc) is 2.56. The fraction of sp³-hybridized carbons (Fsp3) is 0.263. The van der Waals surface area contributed by atoms with Gasteiger partial charge in [-0.3, -0.25) is 4.79 Å². The molecule has 0 aliphatic carbocycles. The van der Waals surface area contributed by atoms with Gasteiger partial charge in [-0.25, -0.2) is 13.6 Å². The Kier molecular flexibility index (Phi) is 6.74. The molecule has 0 fully saturated rings. The highest BCUT2D eigenvalue weighted by atomic mass is 127. The van der Waals surface area contributed by atoms with Crippen molar-refractivity contribution in [3.8, 4) is 16.9 Å². The van der Waals surface area contributed by atoms with Gasteiger partial charge in [-0.2, -0.15) is 0 Å². The predicted octanol–water partition coefficient (Wildman–Crippen LogP) is 4.17. The summed E-state index contributed by atoms with van der Waals surface area (Å²) in [4.78, 5) is 23.9. The molecule has 144 valence electrons. The molecule has 0 bridgehead atoms. The highest BCUT2D eigenvalue weighted by Gasteiger charge is 2.24. The number of carbonyl (C=O) groups is 2. The second kappa shape index (κ2) is 8.64. The van der Waals surface area contributed by atoms with Crippen LogP contribution in [0.5, 0.6) is 5.75 Å². The van der Waals surface area contributed by atoms with Gasteiger partial charge < -0.3 is 15.5 Å². The number of carboxylic acids is 1. The second-order valence-electron chi connectivity index (χ2n) is 6.47. The summed E-state index contributed by atoms with van der Waals surface area (Å²) in [6.07, 6.45) is 0.214. The Labute approximate surface area is 168 Å². The van der Waals surface area contributed by atoms with Crippen LogP contribution in [-0.4, -0.2) is 28.1 Å². The number of benzene rings is 2. The monoisotopic (exact) mass is 489 g/mol. The molecule has 0 radical (unpaired) electrons. The summed E-state index contributed by atoms with van der Waals surface area (Å²) in [5, 5.41) is 21.9. The molecule has 1 amide bonds. The van der Waals surface area contributed by atoms with Gasteiger partial charge in [-0.15, -0.1) is 0 Å². The average molecular weight is 489 g/mol. The molecule has 5 nitrogen and oxygen atoms in total. The van der Waals surface area contributed by atoms with Gasteiger partial charge in [0, 0.05) is 11.6 Å². The molecule has 2 rings (SSSR count). The van der Waals surface area contributed by atoms with E-state index in [2.05, 4.69) is 5.32 Å². The zero-order valence-electron chi connectivity index (χ0n) is 14.6. The first kappa shape index (κ1) is 21.1. The number of halogens is 3. The summed E-state index contributed by atoms with van der Waals surface area (Å²) >= 11 is 1.78. The molecule has 27 heavy (non-hydrogen) atoms. The van der Waals surface area contributed by atoms with Crippen LogP contribution >= 0.6 is 22.6 Å². The minimum atomic E-state index is -1.19. The quantitative estimate of drug-likeness (QED) is 0.532. The molecular weight excluding hydrogens is 471 g/mol. The molecule has 0 heterocycles. The maximum absolute atomic E-state index is 14.1. The van der Waals surface area contributed by atoms with E-state index in [1.54, 1.807) is 22.6 Å². The van der Waals surface area contributed by atoms with E-state index in [0.717, 1.165) is 12.1 Å². The van der Waals surface area contributed by atoms with Gasteiger partial charge in [0.15, 0.2) is 0 Å². The highest BCUT2D eigenvalue weighted by molar-refractivity contribution is 14.1. The number of aliphatic carboxylic acids is 1. The first-order chi connectivity index (χ1) is 12.6. The number of phenols is 1. The molecule has 1 atom stereocenters. The molecule has 2 aromatic carbocycles. The smallest absolute Gasteiger partial charge is 0.326 e. The van der Waals surface area contributed by atoms with Gasteiger partial charge in [-0.1, -0.05) is 13.8 Å². The minimum Gasteiger partial charge on any atom is -0.506 e. The third-order valence-corrected chi connectivity index (χ3v) is 4.68. The lowest BCUT2D eigenvalue weighted by Crippen LogP contribution is -2.41. The number of nitrogens with one attached hydrogen (secondary N) is 1. The van der Waals surface area contributed by atoms with Gasteiger partial charge in [0.1, 0.15) is 23.4 Å². The Morgan fingerprint density at radius 2 is 1.85 bits per heavy atom. The number of rotatable bonds is 6. The Balaban J connectivity index is 2.43. The summed E-state index contributed by atoms with van der Waals surface area (Å²) in [5.74, 6) is -3.84. The lowest BCUT2D eigenvalue weighted by molar-refractivity contribution is -0.139. The molecule has 2 aromatic rings. The predicted molar refractivity (Wildman–Crippen MR) is 105 cm³/mol. The summed E-state index contributed by atoms with van der Waals surface area (Å²) < 4.78 is 27.5. The van der Waals surface area contributed by atoms with Crippen molar-refractivity contribution in [3.05, 3.63) is 51.1 Å². The van der Waals surface area contributed by atoms with E-state index in [-0.39, 0.29) is 38.3 Å². The van der Waals surface area contributed by atoms with Gasteiger partial charge in [0.05, 0.1) is 9.13 Å². The number of phenolic OH excluding ortho intramolecular Hbond substituents is 1. The molecule has 8 heteroatoms. The van der Waals surface area contributed by atoms with Crippen molar-refractivity contribution in [1.29, 1.82) is 0 Å². The lowest BCUT2D eigenvalue weighted by Gasteiger charge is -2.17. The van der Waals surface area contributed by atoms with Gasteiger partial charge in [0.25, 0.3) is 5.91 Å². The van der Waals surface area contributed by atoms with E-state index < -0.39 is 29.6 Å². The van der Waals surface area contributed by atoms with Gasteiger partial charge in [0.2, 0.25) is 0 Å². The van der Waals surface area contributed by atoms with E-state index in [4.69, 9.17) is 0 Å². The maximum atomic E-state index is 14.1. The fourth-order valence-corrected chi connectivity index (χ4v) is 3.21. The molecule has 0 aliphatic heterocycles.